The molecule has 1 amide bonds. The first-order valence-electron chi connectivity index (χ1n) is 6.10. The summed E-state index contributed by atoms with van der Waals surface area (Å²) in [5.74, 6) is -0.470. The molecule has 1 aromatic carbocycles. The van der Waals surface area contributed by atoms with Crippen LogP contribution in [-0.2, 0) is 0 Å². The molecule has 0 radical (unpaired) electrons. The third kappa shape index (κ3) is 3.27. The van der Waals surface area contributed by atoms with E-state index < -0.39 is 5.91 Å². The molecule has 2 rings (SSSR count). The van der Waals surface area contributed by atoms with E-state index >= 15 is 0 Å². The molecule has 0 aliphatic rings. The number of carbonyl (C=O) groups excluding carboxylic acids is 1. The third-order valence-corrected chi connectivity index (χ3v) is 2.93. The van der Waals surface area contributed by atoms with Crippen molar-refractivity contribution in [2.45, 2.75) is 6.92 Å². The van der Waals surface area contributed by atoms with Gasteiger partial charge >= 0.3 is 0 Å². The quantitative estimate of drug-likeness (QED) is 0.291. The van der Waals surface area contributed by atoms with Crippen LogP contribution < -0.4 is 16.6 Å². The number of aromatic nitrogens is 1. The highest BCUT2D eigenvalue weighted by atomic mass is 16.4. The van der Waals surface area contributed by atoms with Gasteiger partial charge in [0.15, 0.2) is 5.84 Å². The number of amides is 1. The van der Waals surface area contributed by atoms with Crippen molar-refractivity contribution in [2.24, 2.45) is 10.9 Å². The molecule has 0 unspecified atom stereocenters. The summed E-state index contributed by atoms with van der Waals surface area (Å²) < 4.78 is 0. The van der Waals surface area contributed by atoms with E-state index in [2.05, 4.69) is 15.5 Å². The standard InChI is InChI=1S/C14H14N4O3/c1-8-2-3-9(13(15)18-21)6-11(8)17-14(20)10-4-5-16-12(19)7-10/h2-7,21H,1H3,(H2,15,18)(H,16,19)(H,17,20). The van der Waals surface area contributed by atoms with Gasteiger partial charge in [-0.05, 0) is 24.6 Å². The van der Waals surface area contributed by atoms with Gasteiger partial charge in [0.25, 0.3) is 5.91 Å². The predicted molar refractivity (Wildman–Crippen MR) is 78.7 cm³/mol. The van der Waals surface area contributed by atoms with E-state index in [1.807, 2.05) is 6.92 Å². The van der Waals surface area contributed by atoms with Crippen molar-refractivity contribution in [3.63, 3.8) is 0 Å². The summed E-state index contributed by atoms with van der Waals surface area (Å²) >= 11 is 0. The van der Waals surface area contributed by atoms with Crippen molar-refractivity contribution in [3.8, 4) is 0 Å². The topological polar surface area (TPSA) is 121 Å². The fourth-order valence-electron chi connectivity index (χ4n) is 1.75. The molecule has 0 aliphatic heterocycles. The molecule has 21 heavy (non-hydrogen) atoms. The van der Waals surface area contributed by atoms with E-state index in [1.165, 1.54) is 18.3 Å². The molecule has 0 saturated heterocycles. The van der Waals surface area contributed by atoms with Crippen LogP contribution >= 0.6 is 0 Å². The van der Waals surface area contributed by atoms with E-state index in [4.69, 9.17) is 10.9 Å². The van der Waals surface area contributed by atoms with Crippen LogP contribution in [0.5, 0.6) is 0 Å². The SMILES string of the molecule is Cc1ccc(/C(N)=N/O)cc1NC(=O)c1cc[nH]c(=O)c1. The summed E-state index contributed by atoms with van der Waals surface area (Å²) in [4.78, 5) is 25.7. The van der Waals surface area contributed by atoms with Crippen LogP contribution in [-0.4, -0.2) is 21.9 Å². The molecule has 5 N–H and O–H groups in total. The van der Waals surface area contributed by atoms with E-state index in [-0.39, 0.29) is 17.0 Å². The largest absolute Gasteiger partial charge is 0.409 e. The van der Waals surface area contributed by atoms with Crippen LogP contribution in [0.25, 0.3) is 0 Å². The fourth-order valence-corrected chi connectivity index (χ4v) is 1.75. The van der Waals surface area contributed by atoms with Crippen molar-refractivity contribution in [3.05, 3.63) is 63.6 Å². The number of pyridine rings is 1. The first-order chi connectivity index (χ1) is 10.0. The minimum absolute atomic E-state index is 0.0540. The summed E-state index contributed by atoms with van der Waals surface area (Å²) in [6, 6.07) is 7.71. The van der Waals surface area contributed by atoms with Crippen LogP contribution in [0.3, 0.4) is 0 Å². The number of nitrogens with zero attached hydrogens (tertiary/aromatic N) is 1. The predicted octanol–water partition coefficient (Wildman–Crippen LogP) is 1.03. The van der Waals surface area contributed by atoms with Crippen molar-refractivity contribution < 1.29 is 10.0 Å². The van der Waals surface area contributed by atoms with Gasteiger partial charge in [-0.15, -0.1) is 0 Å². The first-order valence-corrected chi connectivity index (χ1v) is 6.10. The van der Waals surface area contributed by atoms with Gasteiger partial charge in [-0.3, -0.25) is 9.59 Å². The van der Waals surface area contributed by atoms with Gasteiger partial charge in [0, 0.05) is 29.1 Å². The number of nitrogens with two attached hydrogens (primary N) is 1. The maximum Gasteiger partial charge on any atom is 0.255 e. The highest BCUT2D eigenvalue weighted by Gasteiger charge is 2.10. The van der Waals surface area contributed by atoms with Gasteiger partial charge in [-0.25, -0.2) is 0 Å². The maximum atomic E-state index is 12.1. The zero-order valence-corrected chi connectivity index (χ0v) is 11.3. The lowest BCUT2D eigenvalue weighted by Gasteiger charge is -2.10. The second kappa shape index (κ2) is 5.91. The summed E-state index contributed by atoms with van der Waals surface area (Å²) in [6.45, 7) is 1.81. The average Bonchev–Trinajstić information content (AvgIpc) is 2.48. The lowest BCUT2D eigenvalue weighted by Crippen LogP contribution is -2.17. The van der Waals surface area contributed by atoms with Gasteiger partial charge in [0.05, 0.1) is 0 Å². The monoisotopic (exact) mass is 286 g/mol. The first kappa shape index (κ1) is 14.3. The maximum absolute atomic E-state index is 12.1. The number of amidine groups is 1. The molecule has 1 heterocycles. The van der Waals surface area contributed by atoms with Gasteiger partial charge in [-0.1, -0.05) is 17.3 Å². The minimum Gasteiger partial charge on any atom is -0.409 e. The Morgan fingerprint density at radius 3 is 2.71 bits per heavy atom. The molecule has 7 nitrogen and oxygen atoms in total. The zero-order valence-electron chi connectivity index (χ0n) is 11.3. The van der Waals surface area contributed by atoms with Crippen LogP contribution in [0.15, 0.2) is 46.5 Å². The van der Waals surface area contributed by atoms with Gasteiger partial charge < -0.3 is 21.2 Å². The molecule has 0 atom stereocenters. The van der Waals surface area contributed by atoms with E-state index in [9.17, 15) is 9.59 Å². The third-order valence-electron chi connectivity index (χ3n) is 2.93. The number of nitrogens with one attached hydrogen (secondary N) is 2. The molecule has 1 aromatic heterocycles. The highest BCUT2D eigenvalue weighted by Crippen LogP contribution is 2.17. The van der Waals surface area contributed by atoms with Crippen molar-refractivity contribution in [1.82, 2.24) is 4.98 Å². The number of hydrogen-bond donors (Lipinski definition) is 4. The van der Waals surface area contributed by atoms with E-state index in [0.29, 0.717) is 11.3 Å². The summed E-state index contributed by atoms with van der Waals surface area (Å²) in [5.41, 5.74) is 7.21. The Morgan fingerprint density at radius 1 is 1.29 bits per heavy atom. The Balaban J connectivity index is 2.31. The Bertz CT molecular complexity index is 765. The summed E-state index contributed by atoms with van der Waals surface area (Å²) in [6.07, 6.45) is 1.40. The average molecular weight is 286 g/mol. The van der Waals surface area contributed by atoms with Gasteiger partial charge in [-0.2, -0.15) is 0 Å². The van der Waals surface area contributed by atoms with Gasteiger partial charge in [0.2, 0.25) is 5.56 Å². The Morgan fingerprint density at radius 2 is 2.05 bits per heavy atom. The second-order valence-corrected chi connectivity index (χ2v) is 4.41. The molecular weight excluding hydrogens is 272 g/mol. The smallest absolute Gasteiger partial charge is 0.255 e. The minimum atomic E-state index is -0.416. The van der Waals surface area contributed by atoms with E-state index in [0.717, 1.165) is 5.56 Å². The molecule has 0 bridgehead atoms. The molecule has 2 aromatic rings. The molecule has 108 valence electrons. The molecule has 0 fully saturated rings. The molecule has 7 heteroatoms. The normalized spacial score (nSPS) is 11.2. The van der Waals surface area contributed by atoms with Crippen LogP contribution in [0.1, 0.15) is 21.5 Å². The molecule has 0 aliphatic carbocycles. The molecule has 0 saturated carbocycles. The summed E-state index contributed by atoms with van der Waals surface area (Å²) in [5, 5.41) is 14.3. The number of hydrogen-bond acceptors (Lipinski definition) is 4. The molecule has 0 spiro atoms. The lowest BCUT2D eigenvalue weighted by molar-refractivity contribution is 0.102. The highest BCUT2D eigenvalue weighted by molar-refractivity contribution is 6.05. The lowest BCUT2D eigenvalue weighted by atomic mass is 10.1. The van der Waals surface area contributed by atoms with Crippen molar-refractivity contribution in [1.29, 1.82) is 0 Å². The number of benzene rings is 1. The van der Waals surface area contributed by atoms with Crippen molar-refractivity contribution >= 4 is 17.4 Å². The van der Waals surface area contributed by atoms with Crippen LogP contribution in [0.2, 0.25) is 0 Å². The van der Waals surface area contributed by atoms with Crippen molar-refractivity contribution in [2.75, 3.05) is 5.32 Å². The Kier molecular flexibility index (Phi) is 4.03. The number of oxime groups is 1. The zero-order chi connectivity index (χ0) is 15.4. The van der Waals surface area contributed by atoms with E-state index in [1.54, 1.807) is 18.2 Å². The fraction of sp³-hybridized carbons (Fsp3) is 0.0714. The van der Waals surface area contributed by atoms with Crippen LogP contribution in [0, 0.1) is 6.92 Å². The van der Waals surface area contributed by atoms with Gasteiger partial charge in [0.1, 0.15) is 0 Å². The number of carbonyl (C=O) groups is 1. The Labute approximate surface area is 120 Å². The summed E-state index contributed by atoms with van der Waals surface area (Å²) in [7, 11) is 0. The number of H-pyrrole nitrogens is 1. The number of aromatic amines is 1. The number of aryl methyl sites for hydroxylation is 1. The number of rotatable bonds is 3. The molecular formula is C14H14N4O3. The second-order valence-electron chi connectivity index (χ2n) is 4.41. The Hall–Kier alpha value is -3.09. The number of anilines is 1. The van der Waals surface area contributed by atoms with Crippen LogP contribution in [0.4, 0.5) is 5.69 Å².